The Kier molecular flexibility index (Phi) is 3.75. The number of rotatable bonds is 2. The lowest BCUT2D eigenvalue weighted by atomic mass is 9.86. The molecule has 21 heavy (non-hydrogen) atoms. The molecular weight excluding hydrogens is 254 g/mol. The summed E-state index contributed by atoms with van der Waals surface area (Å²) >= 11 is 0. The molecule has 0 spiro atoms. The number of benzene rings is 2. The van der Waals surface area contributed by atoms with Crippen LogP contribution in [0.1, 0.15) is 39.2 Å². The Morgan fingerprint density at radius 1 is 0.714 bits per heavy atom. The average molecular weight is 279 g/mol. The van der Waals surface area contributed by atoms with E-state index in [-0.39, 0.29) is 5.41 Å². The fourth-order valence-electron chi connectivity index (χ4n) is 3.00. The normalized spacial score (nSPS) is 15.5. The van der Waals surface area contributed by atoms with E-state index in [0.29, 0.717) is 0 Å². The lowest BCUT2D eigenvalue weighted by molar-refractivity contribution is 0.590. The van der Waals surface area contributed by atoms with Crippen molar-refractivity contribution in [1.29, 1.82) is 0 Å². The Labute approximate surface area is 128 Å². The molecule has 0 saturated carbocycles. The van der Waals surface area contributed by atoms with Crippen LogP contribution in [0.15, 0.2) is 48.5 Å². The molecule has 2 aromatic rings. The number of hydrogen-bond acceptors (Lipinski definition) is 1. The molecule has 1 nitrogen and oxygen atoms in total. The molecule has 0 N–H and O–H groups in total. The van der Waals surface area contributed by atoms with Gasteiger partial charge >= 0.3 is 0 Å². The van der Waals surface area contributed by atoms with Crippen molar-refractivity contribution >= 4 is 5.69 Å². The number of anilines is 1. The van der Waals surface area contributed by atoms with Crippen molar-refractivity contribution in [3.05, 3.63) is 54.1 Å². The van der Waals surface area contributed by atoms with Gasteiger partial charge in [0.2, 0.25) is 0 Å². The van der Waals surface area contributed by atoms with Crippen LogP contribution in [0.2, 0.25) is 0 Å². The molecule has 1 aliphatic rings. The van der Waals surface area contributed by atoms with Crippen LogP contribution in [0.25, 0.3) is 11.1 Å². The Balaban J connectivity index is 1.80. The highest BCUT2D eigenvalue weighted by atomic mass is 15.1. The summed E-state index contributed by atoms with van der Waals surface area (Å²) in [6, 6.07) is 18.0. The van der Waals surface area contributed by atoms with Crippen molar-refractivity contribution in [3.63, 3.8) is 0 Å². The van der Waals surface area contributed by atoms with Crippen LogP contribution in [0, 0.1) is 0 Å². The van der Waals surface area contributed by atoms with Gasteiger partial charge < -0.3 is 4.90 Å². The molecule has 110 valence electrons. The predicted molar refractivity (Wildman–Crippen MR) is 92.0 cm³/mol. The van der Waals surface area contributed by atoms with Crippen molar-refractivity contribution in [1.82, 2.24) is 0 Å². The van der Waals surface area contributed by atoms with E-state index in [1.807, 2.05) is 0 Å². The summed E-state index contributed by atoms with van der Waals surface area (Å²) in [4.78, 5) is 2.48. The Hall–Kier alpha value is -1.76. The molecule has 0 aliphatic carbocycles. The van der Waals surface area contributed by atoms with Crippen LogP contribution in [0.3, 0.4) is 0 Å². The monoisotopic (exact) mass is 279 g/mol. The highest BCUT2D eigenvalue weighted by molar-refractivity contribution is 5.66. The Morgan fingerprint density at radius 2 is 1.19 bits per heavy atom. The third kappa shape index (κ3) is 3.12. The fraction of sp³-hybridized carbons (Fsp3) is 0.400. The summed E-state index contributed by atoms with van der Waals surface area (Å²) in [5, 5.41) is 0. The average Bonchev–Trinajstić information content (AvgIpc) is 3.01. The fourth-order valence-corrected chi connectivity index (χ4v) is 3.00. The first-order valence-corrected chi connectivity index (χ1v) is 8.00. The summed E-state index contributed by atoms with van der Waals surface area (Å²) in [6.07, 6.45) is 2.66. The van der Waals surface area contributed by atoms with Crippen molar-refractivity contribution < 1.29 is 0 Å². The van der Waals surface area contributed by atoms with Gasteiger partial charge in [-0.3, -0.25) is 0 Å². The van der Waals surface area contributed by atoms with E-state index >= 15 is 0 Å². The minimum absolute atomic E-state index is 0.220. The Bertz CT molecular complexity index is 581. The molecule has 1 heterocycles. The van der Waals surface area contributed by atoms with Gasteiger partial charge in [-0.25, -0.2) is 0 Å². The van der Waals surface area contributed by atoms with Gasteiger partial charge in [0, 0.05) is 18.8 Å². The molecule has 0 aromatic heterocycles. The van der Waals surface area contributed by atoms with Gasteiger partial charge in [-0.2, -0.15) is 0 Å². The third-order valence-electron chi connectivity index (χ3n) is 4.42. The lowest BCUT2D eigenvalue weighted by Gasteiger charge is -2.19. The van der Waals surface area contributed by atoms with E-state index in [9.17, 15) is 0 Å². The molecule has 3 rings (SSSR count). The summed E-state index contributed by atoms with van der Waals surface area (Å²) in [7, 11) is 0. The summed E-state index contributed by atoms with van der Waals surface area (Å²) < 4.78 is 0. The van der Waals surface area contributed by atoms with Gasteiger partial charge in [0.1, 0.15) is 0 Å². The summed E-state index contributed by atoms with van der Waals surface area (Å²) in [5.74, 6) is 0. The van der Waals surface area contributed by atoms with Gasteiger partial charge in [0.05, 0.1) is 0 Å². The maximum absolute atomic E-state index is 2.48. The second-order valence-corrected chi connectivity index (χ2v) is 7.07. The number of hydrogen-bond donors (Lipinski definition) is 0. The van der Waals surface area contributed by atoms with E-state index in [4.69, 9.17) is 0 Å². The summed E-state index contributed by atoms with van der Waals surface area (Å²) in [6.45, 7) is 9.19. The van der Waals surface area contributed by atoms with Gasteiger partial charge in [0.15, 0.2) is 0 Å². The standard InChI is InChI=1S/C20H25N/c1-20(2,3)18-10-6-16(7-11-18)17-8-12-19(13-9-17)21-14-4-5-15-21/h6-13H,4-5,14-15H2,1-3H3. The van der Waals surface area contributed by atoms with Crippen molar-refractivity contribution in [3.8, 4) is 11.1 Å². The first kappa shape index (κ1) is 14.2. The number of nitrogens with zero attached hydrogens (tertiary/aromatic N) is 1. The van der Waals surface area contributed by atoms with Crippen LogP contribution in [0.4, 0.5) is 5.69 Å². The van der Waals surface area contributed by atoms with Crippen LogP contribution in [0.5, 0.6) is 0 Å². The molecule has 0 atom stereocenters. The van der Waals surface area contributed by atoms with E-state index in [1.54, 1.807) is 0 Å². The topological polar surface area (TPSA) is 3.24 Å². The van der Waals surface area contributed by atoms with Crippen molar-refractivity contribution in [2.45, 2.75) is 39.0 Å². The largest absolute Gasteiger partial charge is 0.372 e. The molecule has 0 bridgehead atoms. The molecular formula is C20H25N. The molecule has 1 aliphatic heterocycles. The van der Waals surface area contributed by atoms with E-state index in [2.05, 4.69) is 74.2 Å². The zero-order valence-electron chi connectivity index (χ0n) is 13.4. The zero-order valence-corrected chi connectivity index (χ0v) is 13.4. The minimum Gasteiger partial charge on any atom is -0.372 e. The second kappa shape index (κ2) is 5.55. The highest BCUT2D eigenvalue weighted by Gasteiger charge is 2.14. The zero-order chi connectivity index (χ0) is 14.9. The molecule has 0 amide bonds. The predicted octanol–water partition coefficient (Wildman–Crippen LogP) is 5.25. The van der Waals surface area contributed by atoms with Crippen LogP contribution < -0.4 is 4.90 Å². The van der Waals surface area contributed by atoms with Crippen molar-refractivity contribution in [2.75, 3.05) is 18.0 Å². The van der Waals surface area contributed by atoms with Gasteiger partial charge in [0.25, 0.3) is 0 Å². The van der Waals surface area contributed by atoms with Gasteiger partial charge in [-0.05, 0) is 47.1 Å². The van der Waals surface area contributed by atoms with E-state index < -0.39 is 0 Å². The molecule has 1 heteroatoms. The molecule has 1 saturated heterocycles. The van der Waals surface area contributed by atoms with Gasteiger partial charge in [-0.15, -0.1) is 0 Å². The smallest absolute Gasteiger partial charge is 0.0366 e. The minimum atomic E-state index is 0.220. The van der Waals surface area contributed by atoms with E-state index in [1.165, 1.54) is 48.3 Å². The first-order chi connectivity index (χ1) is 10.0. The SMILES string of the molecule is CC(C)(C)c1ccc(-c2ccc(N3CCCC3)cc2)cc1. The molecule has 0 unspecified atom stereocenters. The maximum atomic E-state index is 2.48. The lowest BCUT2D eigenvalue weighted by Crippen LogP contribution is -2.17. The van der Waals surface area contributed by atoms with Gasteiger partial charge in [-0.1, -0.05) is 57.2 Å². The molecule has 2 aromatic carbocycles. The van der Waals surface area contributed by atoms with Crippen LogP contribution in [-0.4, -0.2) is 13.1 Å². The highest BCUT2D eigenvalue weighted by Crippen LogP contribution is 2.28. The maximum Gasteiger partial charge on any atom is 0.0366 e. The summed E-state index contributed by atoms with van der Waals surface area (Å²) in [5.41, 5.74) is 5.58. The Morgan fingerprint density at radius 3 is 1.67 bits per heavy atom. The third-order valence-corrected chi connectivity index (χ3v) is 4.42. The van der Waals surface area contributed by atoms with E-state index in [0.717, 1.165) is 0 Å². The quantitative estimate of drug-likeness (QED) is 0.725. The first-order valence-electron chi connectivity index (χ1n) is 8.00. The van der Waals surface area contributed by atoms with Crippen molar-refractivity contribution in [2.24, 2.45) is 0 Å². The molecule has 1 fully saturated rings. The molecule has 0 radical (unpaired) electrons. The van der Waals surface area contributed by atoms with Crippen LogP contribution in [-0.2, 0) is 5.41 Å². The second-order valence-electron chi connectivity index (χ2n) is 7.07. The van der Waals surface area contributed by atoms with Crippen LogP contribution >= 0.6 is 0 Å².